The van der Waals surface area contributed by atoms with Crippen molar-refractivity contribution in [3.05, 3.63) is 53.6 Å². The highest BCUT2D eigenvalue weighted by atomic mass is 32.2. The van der Waals surface area contributed by atoms with E-state index in [0.29, 0.717) is 24.6 Å². The molecule has 1 fully saturated rings. The van der Waals surface area contributed by atoms with E-state index < -0.39 is 15.9 Å². The zero-order valence-electron chi connectivity index (χ0n) is 18.3. The van der Waals surface area contributed by atoms with Gasteiger partial charge in [0, 0.05) is 45.2 Å². The summed E-state index contributed by atoms with van der Waals surface area (Å²) in [6.07, 6.45) is 0. The van der Waals surface area contributed by atoms with Gasteiger partial charge >= 0.3 is 0 Å². The molecule has 2 aromatic rings. The monoisotopic (exact) mass is 461 g/mol. The van der Waals surface area contributed by atoms with Crippen molar-refractivity contribution in [1.29, 1.82) is 0 Å². The smallest absolute Gasteiger partial charge is 0.251 e. The number of ether oxygens (including phenoxy) is 2. The number of sulfonamides is 1. The molecule has 1 N–H and O–H groups in total. The first-order valence-electron chi connectivity index (χ1n) is 10.1. The van der Waals surface area contributed by atoms with Gasteiger partial charge in [0.25, 0.3) is 5.91 Å². The van der Waals surface area contributed by atoms with Crippen LogP contribution in [0.1, 0.15) is 22.8 Å². The largest absolute Gasteiger partial charge is 0.493 e. The van der Waals surface area contributed by atoms with Crippen LogP contribution in [0.4, 0.5) is 0 Å². The van der Waals surface area contributed by atoms with Gasteiger partial charge in [-0.2, -0.15) is 4.31 Å². The van der Waals surface area contributed by atoms with E-state index in [2.05, 4.69) is 5.32 Å². The SMILES string of the molecule is COc1ccc(CNC(=O)c2cccc(S(=O)(=O)N3CCN(C(C)=O)CC3)c2)cc1OC. The van der Waals surface area contributed by atoms with Crippen LogP contribution < -0.4 is 14.8 Å². The van der Waals surface area contributed by atoms with Gasteiger partial charge in [-0.3, -0.25) is 9.59 Å². The Labute approximate surface area is 188 Å². The predicted octanol–water partition coefficient (Wildman–Crippen LogP) is 1.49. The summed E-state index contributed by atoms with van der Waals surface area (Å²) in [5.74, 6) is 0.676. The van der Waals surface area contributed by atoms with Crippen LogP contribution in [-0.4, -0.2) is 69.8 Å². The first kappa shape index (κ1) is 23.6. The first-order chi connectivity index (χ1) is 15.3. The number of amides is 2. The molecule has 2 amide bonds. The van der Waals surface area contributed by atoms with Crippen molar-refractivity contribution in [3.8, 4) is 11.5 Å². The number of hydrogen-bond donors (Lipinski definition) is 1. The average molecular weight is 462 g/mol. The zero-order chi connectivity index (χ0) is 23.3. The highest BCUT2D eigenvalue weighted by Crippen LogP contribution is 2.27. The molecule has 10 heteroatoms. The second kappa shape index (κ2) is 10.0. The fraction of sp³-hybridized carbons (Fsp3) is 0.364. The molecule has 0 saturated carbocycles. The molecule has 172 valence electrons. The maximum Gasteiger partial charge on any atom is 0.251 e. The van der Waals surface area contributed by atoms with Crippen molar-refractivity contribution in [3.63, 3.8) is 0 Å². The molecule has 0 atom stereocenters. The molecule has 1 aliphatic heterocycles. The van der Waals surface area contributed by atoms with Gasteiger partial charge in [-0.25, -0.2) is 8.42 Å². The lowest BCUT2D eigenvalue weighted by Gasteiger charge is -2.33. The maximum absolute atomic E-state index is 13.0. The molecule has 1 aliphatic rings. The molecule has 0 spiro atoms. The Morgan fingerprint density at radius 2 is 1.66 bits per heavy atom. The van der Waals surface area contributed by atoms with Gasteiger partial charge in [0.15, 0.2) is 11.5 Å². The second-order valence-corrected chi connectivity index (χ2v) is 9.25. The minimum absolute atomic E-state index is 0.0486. The molecular formula is C22H27N3O6S. The second-order valence-electron chi connectivity index (χ2n) is 7.31. The van der Waals surface area contributed by atoms with Crippen molar-refractivity contribution in [2.24, 2.45) is 0 Å². The number of nitrogens with zero attached hydrogens (tertiary/aromatic N) is 2. The van der Waals surface area contributed by atoms with E-state index in [1.54, 1.807) is 36.3 Å². The van der Waals surface area contributed by atoms with Gasteiger partial charge in [0.1, 0.15) is 0 Å². The van der Waals surface area contributed by atoms with Gasteiger partial charge in [0.2, 0.25) is 15.9 Å². The van der Waals surface area contributed by atoms with Crippen LogP contribution in [0.15, 0.2) is 47.4 Å². The Bertz CT molecular complexity index is 1090. The third-order valence-electron chi connectivity index (χ3n) is 5.32. The lowest BCUT2D eigenvalue weighted by molar-refractivity contribution is -0.129. The van der Waals surface area contributed by atoms with Crippen LogP contribution in [0.2, 0.25) is 0 Å². The Hall–Kier alpha value is -3.11. The number of methoxy groups -OCH3 is 2. The van der Waals surface area contributed by atoms with Crippen molar-refractivity contribution >= 4 is 21.8 Å². The van der Waals surface area contributed by atoms with E-state index in [4.69, 9.17) is 9.47 Å². The highest BCUT2D eigenvalue weighted by Gasteiger charge is 2.29. The predicted molar refractivity (Wildman–Crippen MR) is 118 cm³/mol. The number of rotatable bonds is 7. The summed E-state index contributed by atoms with van der Waals surface area (Å²) in [6, 6.07) is 11.3. The third-order valence-corrected chi connectivity index (χ3v) is 7.21. The summed E-state index contributed by atoms with van der Waals surface area (Å²) in [4.78, 5) is 25.8. The molecule has 3 rings (SSSR count). The normalized spacial score (nSPS) is 14.7. The summed E-state index contributed by atoms with van der Waals surface area (Å²) >= 11 is 0. The van der Waals surface area contributed by atoms with Crippen molar-refractivity contribution in [2.75, 3.05) is 40.4 Å². The summed E-state index contributed by atoms with van der Waals surface area (Å²) in [5.41, 5.74) is 1.05. The molecule has 0 aliphatic carbocycles. The number of hydrogen-bond acceptors (Lipinski definition) is 6. The van der Waals surface area contributed by atoms with Crippen LogP contribution in [-0.2, 0) is 21.4 Å². The van der Waals surface area contributed by atoms with E-state index >= 15 is 0 Å². The molecule has 32 heavy (non-hydrogen) atoms. The zero-order valence-corrected chi connectivity index (χ0v) is 19.1. The molecule has 9 nitrogen and oxygen atoms in total. The first-order valence-corrected chi connectivity index (χ1v) is 11.5. The van der Waals surface area contributed by atoms with Crippen molar-refractivity contribution in [2.45, 2.75) is 18.4 Å². The maximum atomic E-state index is 13.0. The van der Waals surface area contributed by atoms with Gasteiger partial charge < -0.3 is 19.7 Å². The lowest BCUT2D eigenvalue weighted by atomic mass is 10.1. The Morgan fingerprint density at radius 3 is 2.28 bits per heavy atom. The summed E-state index contributed by atoms with van der Waals surface area (Å²) in [6.45, 7) is 2.84. The molecule has 1 saturated heterocycles. The van der Waals surface area contributed by atoms with Gasteiger partial charge in [-0.15, -0.1) is 0 Å². The number of carbonyl (C=O) groups excluding carboxylic acids is 2. The molecule has 0 bridgehead atoms. The number of piperazine rings is 1. The minimum Gasteiger partial charge on any atom is -0.493 e. The van der Waals surface area contributed by atoms with Gasteiger partial charge in [-0.1, -0.05) is 12.1 Å². The molecular weight excluding hydrogens is 434 g/mol. The highest BCUT2D eigenvalue weighted by molar-refractivity contribution is 7.89. The van der Waals surface area contributed by atoms with Gasteiger partial charge in [0.05, 0.1) is 19.1 Å². The standard InChI is InChI=1S/C22H27N3O6S/c1-16(26)24-9-11-25(12-10-24)32(28,29)19-6-4-5-18(14-19)22(27)23-15-17-7-8-20(30-2)21(13-17)31-3/h4-8,13-14H,9-12,15H2,1-3H3,(H,23,27). The molecule has 2 aromatic carbocycles. The lowest BCUT2D eigenvalue weighted by Crippen LogP contribution is -2.49. The molecule has 1 heterocycles. The van der Waals surface area contributed by atoms with Gasteiger partial charge in [-0.05, 0) is 35.9 Å². The topological polar surface area (TPSA) is 105 Å². The fourth-order valence-electron chi connectivity index (χ4n) is 3.47. The van der Waals surface area contributed by atoms with E-state index in [1.807, 2.05) is 6.07 Å². The Morgan fingerprint density at radius 1 is 0.969 bits per heavy atom. The third kappa shape index (κ3) is 5.20. The van der Waals surface area contributed by atoms with Crippen LogP contribution in [0, 0.1) is 0 Å². The average Bonchev–Trinajstić information content (AvgIpc) is 2.82. The van der Waals surface area contributed by atoms with Crippen LogP contribution in [0.25, 0.3) is 0 Å². The number of nitrogens with one attached hydrogen (secondary N) is 1. The molecule has 0 radical (unpaired) electrons. The van der Waals surface area contributed by atoms with E-state index in [1.165, 1.54) is 30.5 Å². The fourth-order valence-corrected chi connectivity index (χ4v) is 4.93. The van der Waals surface area contributed by atoms with Crippen LogP contribution in [0.3, 0.4) is 0 Å². The number of benzene rings is 2. The Kier molecular flexibility index (Phi) is 7.37. The molecule has 0 aromatic heterocycles. The van der Waals surface area contributed by atoms with Crippen LogP contribution >= 0.6 is 0 Å². The van der Waals surface area contributed by atoms with E-state index in [0.717, 1.165) is 5.56 Å². The van der Waals surface area contributed by atoms with Crippen LogP contribution in [0.5, 0.6) is 11.5 Å². The van der Waals surface area contributed by atoms with Crippen molar-refractivity contribution < 1.29 is 27.5 Å². The summed E-state index contributed by atoms with van der Waals surface area (Å²) in [7, 11) is -0.687. The molecule has 0 unspecified atom stereocenters. The van der Waals surface area contributed by atoms with E-state index in [9.17, 15) is 18.0 Å². The minimum atomic E-state index is -3.77. The summed E-state index contributed by atoms with van der Waals surface area (Å²) in [5, 5.41) is 2.79. The number of carbonyl (C=O) groups is 2. The quantitative estimate of drug-likeness (QED) is 0.670. The Balaban J connectivity index is 1.69. The summed E-state index contributed by atoms with van der Waals surface area (Å²) < 4.78 is 37.8. The van der Waals surface area contributed by atoms with E-state index in [-0.39, 0.29) is 36.0 Å². The van der Waals surface area contributed by atoms with Crippen molar-refractivity contribution in [1.82, 2.24) is 14.5 Å².